The lowest BCUT2D eigenvalue weighted by Crippen LogP contribution is -2.29. The lowest BCUT2D eigenvalue weighted by molar-refractivity contribution is 0.0641. The predicted molar refractivity (Wildman–Crippen MR) is 157 cm³/mol. The zero-order valence-electron chi connectivity index (χ0n) is 21.2. The molecule has 5 rings (SSSR count). The maximum Gasteiger partial charge on any atom is 0.268 e. The fraction of sp³-hybridized carbons (Fsp3) is 0.167. The molecule has 3 aromatic carbocycles. The summed E-state index contributed by atoms with van der Waals surface area (Å²) >= 11 is 8.27. The van der Waals surface area contributed by atoms with Crippen LogP contribution in [0.1, 0.15) is 43.1 Å². The van der Waals surface area contributed by atoms with Gasteiger partial charge in [0.05, 0.1) is 36.3 Å². The number of carbonyl (C=O) groups is 2. The van der Waals surface area contributed by atoms with Gasteiger partial charge in [-0.25, -0.2) is 0 Å². The zero-order chi connectivity index (χ0) is 27.7. The number of ether oxygens (including phenoxy) is 2. The highest BCUT2D eigenvalue weighted by atomic mass is 127. The van der Waals surface area contributed by atoms with E-state index >= 15 is 0 Å². The van der Waals surface area contributed by atoms with E-state index in [9.17, 15) is 14.4 Å². The Labute approximate surface area is 244 Å². The Balaban J connectivity index is 1.34. The van der Waals surface area contributed by atoms with E-state index in [1.165, 1.54) is 4.90 Å². The molecule has 0 aliphatic carbocycles. The molecule has 198 valence electrons. The van der Waals surface area contributed by atoms with Gasteiger partial charge in [0.25, 0.3) is 17.4 Å². The van der Waals surface area contributed by atoms with Crippen LogP contribution >= 0.6 is 34.2 Å². The molecule has 0 atom stereocenters. The third kappa shape index (κ3) is 5.31. The van der Waals surface area contributed by atoms with Gasteiger partial charge in [0.15, 0.2) is 0 Å². The van der Waals surface area contributed by atoms with Crippen LogP contribution in [0.3, 0.4) is 0 Å². The van der Waals surface area contributed by atoms with Gasteiger partial charge in [-0.05, 0) is 70.5 Å². The summed E-state index contributed by atoms with van der Waals surface area (Å²) in [7, 11) is 1.56. The van der Waals surface area contributed by atoms with Crippen molar-refractivity contribution in [3.05, 3.63) is 125 Å². The fourth-order valence-electron chi connectivity index (χ4n) is 4.57. The van der Waals surface area contributed by atoms with Gasteiger partial charge in [0, 0.05) is 11.8 Å². The fourth-order valence-corrected chi connectivity index (χ4v) is 5.45. The van der Waals surface area contributed by atoms with Crippen molar-refractivity contribution >= 4 is 46.0 Å². The topological polar surface area (TPSA) is 77.8 Å². The average Bonchev–Trinajstić information content (AvgIpc) is 3.18. The number of fused-ring (bicyclic) bond motifs is 1. The summed E-state index contributed by atoms with van der Waals surface area (Å²) in [5, 5.41) is 0.482. The molecular weight excluding hydrogens is 631 g/mol. The van der Waals surface area contributed by atoms with Crippen LogP contribution in [-0.4, -0.2) is 28.4 Å². The SMILES string of the molecule is COc1ccc(Cn2c(C)cc(OCc3ccccc3CN3C(=O)c4ccccc4C3=O)c(I)c2=O)cc1Cl. The second-order valence-electron chi connectivity index (χ2n) is 9.12. The quantitative estimate of drug-likeness (QED) is 0.176. The van der Waals surface area contributed by atoms with E-state index in [1.54, 1.807) is 48.1 Å². The standard InChI is InChI=1S/C30H24ClIN2O5/c1-18-13-26(27(32)30(37)33(18)15-19-11-12-25(38-2)24(31)14-19)39-17-21-8-4-3-7-20(21)16-34-28(35)22-9-5-6-10-23(22)29(34)36/h3-14H,15-17H2,1-2H3. The van der Waals surface area contributed by atoms with Gasteiger partial charge in [0.2, 0.25) is 0 Å². The molecule has 0 N–H and O–H groups in total. The molecule has 0 saturated carbocycles. The highest BCUT2D eigenvalue weighted by Crippen LogP contribution is 2.28. The largest absolute Gasteiger partial charge is 0.495 e. The van der Waals surface area contributed by atoms with Crippen LogP contribution in [0.15, 0.2) is 77.6 Å². The molecule has 4 aromatic rings. The minimum Gasteiger partial charge on any atom is -0.495 e. The first-order valence-electron chi connectivity index (χ1n) is 12.2. The number of nitrogens with zero attached hydrogens (tertiary/aromatic N) is 2. The number of benzene rings is 3. The van der Waals surface area contributed by atoms with E-state index in [0.29, 0.717) is 37.8 Å². The summed E-state index contributed by atoms with van der Waals surface area (Å²) in [6, 6.07) is 21.6. The molecule has 39 heavy (non-hydrogen) atoms. The Bertz CT molecular complexity index is 1630. The van der Waals surface area contributed by atoms with Gasteiger partial charge in [-0.2, -0.15) is 0 Å². The minimum atomic E-state index is -0.307. The Morgan fingerprint density at radius 2 is 1.46 bits per heavy atom. The molecular formula is C30H24ClIN2O5. The van der Waals surface area contributed by atoms with Crippen molar-refractivity contribution in [2.24, 2.45) is 0 Å². The van der Waals surface area contributed by atoms with E-state index < -0.39 is 0 Å². The molecule has 0 bridgehead atoms. The number of hydrogen-bond acceptors (Lipinski definition) is 5. The number of halogens is 2. The maximum atomic E-state index is 13.2. The minimum absolute atomic E-state index is 0.133. The Morgan fingerprint density at radius 3 is 2.10 bits per heavy atom. The van der Waals surface area contributed by atoms with Crippen molar-refractivity contribution in [3.63, 3.8) is 0 Å². The third-order valence-electron chi connectivity index (χ3n) is 6.68. The van der Waals surface area contributed by atoms with Crippen molar-refractivity contribution in [1.82, 2.24) is 9.47 Å². The van der Waals surface area contributed by atoms with Crippen LogP contribution in [0.25, 0.3) is 0 Å². The van der Waals surface area contributed by atoms with Gasteiger partial charge in [-0.1, -0.05) is 54.1 Å². The number of hydrogen-bond donors (Lipinski definition) is 0. The van der Waals surface area contributed by atoms with E-state index in [-0.39, 0.29) is 30.5 Å². The van der Waals surface area contributed by atoms with Crippen LogP contribution in [0.4, 0.5) is 0 Å². The molecule has 0 fully saturated rings. The summed E-state index contributed by atoms with van der Waals surface area (Å²) in [6.07, 6.45) is 0. The molecule has 9 heteroatoms. The maximum absolute atomic E-state index is 13.2. The lowest BCUT2D eigenvalue weighted by Gasteiger charge is -2.18. The van der Waals surface area contributed by atoms with E-state index in [2.05, 4.69) is 0 Å². The Kier molecular flexibility index (Phi) is 7.76. The number of aromatic nitrogens is 1. The number of rotatable bonds is 8. The van der Waals surface area contributed by atoms with Crippen LogP contribution in [0, 0.1) is 10.5 Å². The first kappa shape index (κ1) is 27.0. The Hall–Kier alpha value is -3.63. The van der Waals surface area contributed by atoms with Crippen LogP contribution in [0.2, 0.25) is 5.02 Å². The molecule has 2 amide bonds. The Morgan fingerprint density at radius 1 is 0.821 bits per heavy atom. The number of imide groups is 1. The molecule has 1 aliphatic heterocycles. The van der Waals surface area contributed by atoms with Crippen molar-refractivity contribution in [2.75, 3.05) is 7.11 Å². The van der Waals surface area contributed by atoms with Gasteiger partial charge in [-0.15, -0.1) is 0 Å². The summed E-state index contributed by atoms with van der Waals surface area (Å²) in [5.41, 5.74) is 3.89. The summed E-state index contributed by atoms with van der Waals surface area (Å²) < 4.78 is 13.4. The second-order valence-corrected chi connectivity index (χ2v) is 10.6. The van der Waals surface area contributed by atoms with Crippen LogP contribution < -0.4 is 15.0 Å². The molecule has 0 saturated heterocycles. The molecule has 0 unspecified atom stereocenters. The predicted octanol–water partition coefficient (Wildman–Crippen LogP) is 5.85. The van der Waals surface area contributed by atoms with E-state index in [4.69, 9.17) is 21.1 Å². The van der Waals surface area contributed by atoms with Crippen LogP contribution in [-0.2, 0) is 19.7 Å². The van der Waals surface area contributed by atoms with Gasteiger partial charge in [-0.3, -0.25) is 19.3 Å². The average molecular weight is 655 g/mol. The van der Waals surface area contributed by atoms with Gasteiger partial charge < -0.3 is 14.0 Å². The highest BCUT2D eigenvalue weighted by molar-refractivity contribution is 14.1. The van der Waals surface area contributed by atoms with E-state index in [0.717, 1.165) is 22.4 Å². The molecule has 1 aromatic heterocycles. The summed E-state index contributed by atoms with van der Waals surface area (Å²) in [4.78, 5) is 40.2. The third-order valence-corrected chi connectivity index (χ3v) is 7.97. The smallest absolute Gasteiger partial charge is 0.268 e. The first-order valence-corrected chi connectivity index (χ1v) is 13.6. The number of pyridine rings is 1. The second kappa shape index (κ2) is 11.2. The number of methoxy groups -OCH3 is 1. The van der Waals surface area contributed by atoms with Crippen molar-refractivity contribution < 1.29 is 19.1 Å². The van der Waals surface area contributed by atoms with Crippen molar-refractivity contribution in [3.8, 4) is 11.5 Å². The number of aryl methyl sites for hydroxylation is 1. The van der Waals surface area contributed by atoms with Crippen molar-refractivity contribution in [1.29, 1.82) is 0 Å². The molecule has 2 heterocycles. The lowest BCUT2D eigenvalue weighted by atomic mass is 10.1. The normalized spacial score (nSPS) is 12.6. The number of amides is 2. The highest BCUT2D eigenvalue weighted by Gasteiger charge is 2.35. The first-order chi connectivity index (χ1) is 18.8. The molecule has 0 radical (unpaired) electrons. The summed E-state index contributed by atoms with van der Waals surface area (Å²) in [5.74, 6) is 0.431. The van der Waals surface area contributed by atoms with Crippen molar-refractivity contribution in [2.45, 2.75) is 26.6 Å². The monoisotopic (exact) mass is 654 g/mol. The molecule has 1 aliphatic rings. The van der Waals surface area contributed by atoms with E-state index in [1.807, 2.05) is 65.9 Å². The zero-order valence-corrected chi connectivity index (χ0v) is 24.2. The molecule has 7 nitrogen and oxygen atoms in total. The summed E-state index contributed by atoms with van der Waals surface area (Å²) in [6.45, 7) is 2.51. The van der Waals surface area contributed by atoms with Gasteiger partial charge >= 0.3 is 0 Å². The van der Waals surface area contributed by atoms with Gasteiger partial charge in [0.1, 0.15) is 21.7 Å². The number of carbonyl (C=O) groups excluding carboxylic acids is 2. The van der Waals surface area contributed by atoms with Crippen LogP contribution in [0.5, 0.6) is 11.5 Å². The molecule has 0 spiro atoms.